The summed E-state index contributed by atoms with van der Waals surface area (Å²) in [4.78, 5) is 18.3. The first kappa shape index (κ1) is 18.8. The highest BCUT2D eigenvalue weighted by atomic mass is 32.1. The first-order valence-corrected chi connectivity index (χ1v) is 11.8. The Bertz CT molecular complexity index is 911. The van der Waals surface area contributed by atoms with Crippen molar-refractivity contribution in [3.05, 3.63) is 33.6 Å². The number of aromatic nitrogens is 1. The van der Waals surface area contributed by atoms with Crippen molar-refractivity contribution in [3.63, 3.8) is 0 Å². The molecular formula is C19H22NO5PS. The number of hydrogen-bond acceptors (Lipinski definition) is 7. The zero-order chi connectivity index (χ0) is 19.0. The van der Waals surface area contributed by atoms with Gasteiger partial charge < -0.3 is 13.8 Å². The predicted octanol–water partition coefficient (Wildman–Crippen LogP) is 4.91. The average Bonchev–Trinajstić information content (AvgIpc) is 3.28. The van der Waals surface area contributed by atoms with Gasteiger partial charge in [-0.05, 0) is 44.4 Å². The van der Waals surface area contributed by atoms with Crippen LogP contribution >= 0.6 is 18.9 Å². The van der Waals surface area contributed by atoms with E-state index >= 15 is 0 Å². The first-order chi connectivity index (χ1) is 13.1. The third-order valence-corrected chi connectivity index (χ3v) is 7.31. The molecule has 0 aliphatic heterocycles. The Labute approximate surface area is 162 Å². The maximum Gasteiger partial charge on any atom is 0.367 e. The van der Waals surface area contributed by atoms with Gasteiger partial charge in [-0.25, -0.2) is 4.98 Å². The van der Waals surface area contributed by atoms with E-state index in [0.717, 1.165) is 40.1 Å². The lowest BCUT2D eigenvalue weighted by atomic mass is 9.96. The fourth-order valence-corrected chi connectivity index (χ4v) is 5.49. The minimum absolute atomic E-state index is 0.156. The second-order valence-corrected chi connectivity index (χ2v) is 9.56. The number of thiazole rings is 1. The Morgan fingerprint density at radius 2 is 2.00 bits per heavy atom. The number of hydrogen-bond donors (Lipinski definition) is 0. The molecule has 0 N–H and O–H groups in total. The van der Waals surface area contributed by atoms with Crippen molar-refractivity contribution in [3.8, 4) is 17.0 Å². The normalized spacial score (nSPS) is 15.5. The van der Waals surface area contributed by atoms with Gasteiger partial charge in [0.05, 0.1) is 24.4 Å². The summed E-state index contributed by atoms with van der Waals surface area (Å²) in [6.07, 6.45) is 2.46. The molecule has 2 aliphatic rings. The molecule has 144 valence electrons. The third-order valence-electron chi connectivity index (χ3n) is 4.73. The predicted molar refractivity (Wildman–Crippen MR) is 104 cm³/mol. The van der Waals surface area contributed by atoms with Crippen LogP contribution in [0, 0.1) is 5.92 Å². The third kappa shape index (κ3) is 3.61. The SMILES string of the molecule is CCOP(=O)(COc1ccc(C(=O)C2CC2)c2c1-c1ncsc1C2)OCC. The summed E-state index contributed by atoms with van der Waals surface area (Å²) in [5.74, 6) is 0.937. The number of nitrogens with zero attached hydrogens (tertiary/aromatic N) is 1. The average molecular weight is 407 g/mol. The van der Waals surface area contributed by atoms with Crippen LogP contribution < -0.4 is 4.74 Å². The lowest BCUT2D eigenvalue weighted by Gasteiger charge is -2.19. The van der Waals surface area contributed by atoms with Gasteiger partial charge >= 0.3 is 7.60 Å². The van der Waals surface area contributed by atoms with Crippen LogP contribution in [0.25, 0.3) is 11.3 Å². The van der Waals surface area contributed by atoms with Crippen LogP contribution in [0.3, 0.4) is 0 Å². The van der Waals surface area contributed by atoms with Gasteiger partial charge in [-0.2, -0.15) is 0 Å². The van der Waals surface area contributed by atoms with Crippen LogP contribution in [0.5, 0.6) is 5.75 Å². The van der Waals surface area contributed by atoms with E-state index in [-0.39, 0.29) is 31.3 Å². The molecule has 6 nitrogen and oxygen atoms in total. The fraction of sp³-hybridized carbons (Fsp3) is 0.474. The largest absolute Gasteiger partial charge is 0.480 e. The van der Waals surface area contributed by atoms with E-state index in [4.69, 9.17) is 13.8 Å². The van der Waals surface area contributed by atoms with E-state index in [9.17, 15) is 9.36 Å². The minimum Gasteiger partial charge on any atom is -0.480 e. The zero-order valence-electron chi connectivity index (χ0n) is 15.4. The summed E-state index contributed by atoms with van der Waals surface area (Å²) in [5, 5.41) is 0. The number of fused-ring (bicyclic) bond motifs is 3. The van der Waals surface area contributed by atoms with Gasteiger partial charge in [0.15, 0.2) is 12.1 Å². The molecule has 8 heteroatoms. The minimum atomic E-state index is -3.32. The second kappa shape index (κ2) is 7.47. The van der Waals surface area contributed by atoms with E-state index in [2.05, 4.69) is 4.98 Å². The lowest BCUT2D eigenvalue weighted by Crippen LogP contribution is -2.09. The highest BCUT2D eigenvalue weighted by Gasteiger charge is 2.36. The molecule has 0 bridgehead atoms. The van der Waals surface area contributed by atoms with Crippen LogP contribution in [0.15, 0.2) is 17.6 Å². The molecule has 0 atom stereocenters. The van der Waals surface area contributed by atoms with Crippen LogP contribution in [0.4, 0.5) is 0 Å². The molecule has 27 heavy (non-hydrogen) atoms. The maximum absolute atomic E-state index is 12.7. The number of benzene rings is 1. The van der Waals surface area contributed by atoms with Gasteiger partial charge in [0, 0.05) is 28.3 Å². The molecule has 1 aromatic carbocycles. The Morgan fingerprint density at radius 3 is 2.67 bits per heavy atom. The van der Waals surface area contributed by atoms with Crippen LogP contribution in [0.2, 0.25) is 0 Å². The van der Waals surface area contributed by atoms with Crippen LogP contribution in [-0.4, -0.2) is 30.3 Å². The van der Waals surface area contributed by atoms with E-state index in [1.54, 1.807) is 36.8 Å². The maximum atomic E-state index is 12.7. The van der Waals surface area contributed by atoms with Crippen molar-refractivity contribution in [2.45, 2.75) is 33.1 Å². The van der Waals surface area contributed by atoms with Gasteiger partial charge in [-0.15, -0.1) is 11.3 Å². The van der Waals surface area contributed by atoms with E-state index in [1.807, 2.05) is 6.07 Å². The Hall–Kier alpha value is -1.53. The van der Waals surface area contributed by atoms with E-state index in [0.29, 0.717) is 12.2 Å². The Balaban J connectivity index is 1.67. The zero-order valence-corrected chi connectivity index (χ0v) is 17.1. The topological polar surface area (TPSA) is 74.7 Å². The lowest BCUT2D eigenvalue weighted by molar-refractivity contribution is 0.0967. The van der Waals surface area contributed by atoms with Crippen molar-refractivity contribution >= 4 is 24.7 Å². The van der Waals surface area contributed by atoms with Crippen molar-refractivity contribution in [2.75, 3.05) is 19.6 Å². The molecule has 1 saturated carbocycles. The molecule has 0 spiro atoms. The first-order valence-electron chi connectivity index (χ1n) is 9.20. The molecule has 1 aromatic heterocycles. The Morgan fingerprint density at radius 1 is 1.26 bits per heavy atom. The summed E-state index contributed by atoms with van der Waals surface area (Å²) in [6, 6.07) is 3.61. The standard InChI is InChI=1S/C19H22NO5PS/c1-3-24-26(22,25-4-2)11-23-15-8-7-13(19(21)12-5-6-12)14-9-16-18(17(14)15)20-10-27-16/h7-8,10,12H,3-6,9,11H2,1-2H3. The van der Waals surface area contributed by atoms with Gasteiger partial charge in [0.25, 0.3) is 0 Å². The van der Waals surface area contributed by atoms with Gasteiger partial charge in [-0.1, -0.05) is 0 Å². The van der Waals surface area contributed by atoms with Crippen molar-refractivity contribution in [1.29, 1.82) is 0 Å². The van der Waals surface area contributed by atoms with Gasteiger partial charge in [0.2, 0.25) is 0 Å². The molecule has 0 amide bonds. The van der Waals surface area contributed by atoms with Gasteiger partial charge in [-0.3, -0.25) is 9.36 Å². The highest BCUT2D eigenvalue weighted by molar-refractivity contribution is 7.53. The van der Waals surface area contributed by atoms with E-state index < -0.39 is 7.60 Å². The molecule has 4 rings (SSSR count). The molecule has 0 saturated heterocycles. The highest BCUT2D eigenvalue weighted by Crippen LogP contribution is 2.51. The van der Waals surface area contributed by atoms with Crippen molar-refractivity contribution < 1.29 is 23.1 Å². The number of Topliss-reactive ketones (excluding diaryl/α,β-unsaturated/α-hetero) is 1. The molecule has 0 radical (unpaired) electrons. The number of carbonyl (C=O) groups excluding carboxylic acids is 1. The summed E-state index contributed by atoms with van der Waals surface area (Å²) in [5.41, 5.74) is 5.25. The van der Waals surface area contributed by atoms with Gasteiger partial charge in [0.1, 0.15) is 5.75 Å². The molecule has 2 aliphatic carbocycles. The number of ether oxygens (including phenoxy) is 1. The summed E-state index contributed by atoms with van der Waals surface area (Å²) >= 11 is 1.58. The number of rotatable bonds is 9. The monoisotopic (exact) mass is 407 g/mol. The molecule has 1 heterocycles. The summed E-state index contributed by atoms with van der Waals surface area (Å²) in [6.45, 7) is 4.10. The molecule has 0 unspecified atom stereocenters. The summed E-state index contributed by atoms with van der Waals surface area (Å²) in [7, 11) is -3.32. The smallest absolute Gasteiger partial charge is 0.367 e. The number of ketones is 1. The van der Waals surface area contributed by atoms with E-state index in [1.165, 1.54) is 0 Å². The quantitative estimate of drug-likeness (QED) is 0.371. The molecular weight excluding hydrogens is 385 g/mol. The summed E-state index contributed by atoms with van der Waals surface area (Å²) < 4.78 is 29.2. The van der Waals surface area contributed by atoms with Crippen molar-refractivity contribution in [2.24, 2.45) is 5.92 Å². The van der Waals surface area contributed by atoms with Crippen LogP contribution in [-0.2, 0) is 20.0 Å². The Kier molecular flexibility index (Phi) is 5.21. The molecule has 2 aromatic rings. The number of carbonyl (C=O) groups is 1. The molecule has 1 fully saturated rings. The second-order valence-electron chi connectivity index (χ2n) is 6.62. The fourth-order valence-electron chi connectivity index (χ4n) is 3.40. The van der Waals surface area contributed by atoms with Crippen molar-refractivity contribution in [1.82, 2.24) is 4.98 Å². The van der Waals surface area contributed by atoms with Crippen LogP contribution in [0.1, 0.15) is 47.5 Å².